The zero-order chi connectivity index (χ0) is 10.2. The van der Waals surface area contributed by atoms with Crippen molar-refractivity contribution in [2.45, 2.75) is 32.8 Å². The summed E-state index contributed by atoms with van der Waals surface area (Å²) in [6, 6.07) is 0. The smallest absolute Gasteiger partial charge is 0.0751 e. The number of hydrogen-bond acceptors (Lipinski definition) is 3. The van der Waals surface area contributed by atoms with Crippen molar-refractivity contribution in [3.05, 3.63) is 0 Å². The first-order valence-corrected chi connectivity index (χ1v) is 4.96. The second-order valence-electron chi connectivity index (χ2n) is 3.78. The molecule has 0 aromatic rings. The molecule has 3 nitrogen and oxygen atoms in total. The molecule has 0 spiro atoms. The molecule has 0 fully saturated rings. The van der Waals surface area contributed by atoms with Crippen molar-refractivity contribution in [1.29, 1.82) is 0 Å². The second kappa shape index (κ2) is 7.30. The van der Waals surface area contributed by atoms with Gasteiger partial charge in [0.15, 0.2) is 0 Å². The summed E-state index contributed by atoms with van der Waals surface area (Å²) in [7, 11) is 1.69. The molecule has 0 aliphatic rings. The van der Waals surface area contributed by atoms with Crippen molar-refractivity contribution < 1.29 is 9.47 Å². The standard InChI is InChI=1S/C10H23NO2/c1-5-6-11-9-10(2,3)13-8-7-12-4/h11H,5-9H2,1-4H3. The Hall–Kier alpha value is -0.120. The SMILES string of the molecule is CCCNCC(C)(C)OCCOC. The average molecular weight is 189 g/mol. The van der Waals surface area contributed by atoms with Gasteiger partial charge in [0.25, 0.3) is 0 Å². The van der Waals surface area contributed by atoms with Crippen LogP contribution in [-0.2, 0) is 9.47 Å². The van der Waals surface area contributed by atoms with Crippen LogP contribution in [0, 0.1) is 0 Å². The van der Waals surface area contributed by atoms with Crippen LogP contribution in [0.25, 0.3) is 0 Å². The quantitative estimate of drug-likeness (QED) is 0.586. The van der Waals surface area contributed by atoms with Gasteiger partial charge < -0.3 is 14.8 Å². The highest BCUT2D eigenvalue weighted by Crippen LogP contribution is 2.06. The number of ether oxygens (including phenoxy) is 2. The lowest BCUT2D eigenvalue weighted by Crippen LogP contribution is -2.38. The molecule has 0 aromatic heterocycles. The lowest BCUT2D eigenvalue weighted by molar-refractivity contribution is -0.0377. The molecule has 0 aliphatic heterocycles. The van der Waals surface area contributed by atoms with Gasteiger partial charge in [-0.15, -0.1) is 0 Å². The van der Waals surface area contributed by atoms with E-state index in [-0.39, 0.29) is 5.60 Å². The van der Waals surface area contributed by atoms with Gasteiger partial charge in [0.2, 0.25) is 0 Å². The molecular formula is C10H23NO2. The Morgan fingerprint density at radius 2 is 1.92 bits per heavy atom. The Morgan fingerprint density at radius 3 is 2.46 bits per heavy atom. The van der Waals surface area contributed by atoms with Crippen LogP contribution in [-0.4, -0.2) is 39.0 Å². The molecule has 0 unspecified atom stereocenters. The predicted molar refractivity (Wildman–Crippen MR) is 55.1 cm³/mol. The Labute approximate surface area is 81.8 Å². The fourth-order valence-corrected chi connectivity index (χ4v) is 1.02. The molecule has 0 radical (unpaired) electrons. The number of methoxy groups -OCH3 is 1. The lowest BCUT2D eigenvalue weighted by atomic mass is 10.1. The van der Waals surface area contributed by atoms with Gasteiger partial charge in [-0.05, 0) is 26.8 Å². The topological polar surface area (TPSA) is 30.5 Å². The van der Waals surface area contributed by atoms with E-state index in [4.69, 9.17) is 9.47 Å². The zero-order valence-electron chi connectivity index (χ0n) is 9.35. The van der Waals surface area contributed by atoms with E-state index in [0.29, 0.717) is 13.2 Å². The predicted octanol–water partition coefficient (Wildman–Crippen LogP) is 1.43. The third kappa shape index (κ3) is 8.22. The third-order valence-corrected chi connectivity index (χ3v) is 1.76. The Kier molecular flexibility index (Phi) is 7.23. The van der Waals surface area contributed by atoms with Gasteiger partial charge in [0, 0.05) is 13.7 Å². The van der Waals surface area contributed by atoms with Gasteiger partial charge in [0.05, 0.1) is 18.8 Å². The van der Waals surface area contributed by atoms with Crippen LogP contribution >= 0.6 is 0 Å². The van der Waals surface area contributed by atoms with E-state index < -0.39 is 0 Å². The maximum Gasteiger partial charge on any atom is 0.0751 e. The van der Waals surface area contributed by atoms with E-state index in [1.165, 1.54) is 0 Å². The Balaban J connectivity index is 3.42. The minimum atomic E-state index is -0.0896. The van der Waals surface area contributed by atoms with Crippen LogP contribution in [0.3, 0.4) is 0 Å². The number of nitrogens with one attached hydrogen (secondary N) is 1. The van der Waals surface area contributed by atoms with Gasteiger partial charge in [0.1, 0.15) is 0 Å². The fraction of sp³-hybridized carbons (Fsp3) is 1.00. The highest BCUT2D eigenvalue weighted by molar-refractivity contribution is 4.71. The van der Waals surface area contributed by atoms with Gasteiger partial charge >= 0.3 is 0 Å². The molecule has 0 bridgehead atoms. The summed E-state index contributed by atoms with van der Waals surface area (Å²) in [4.78, 5) is 0. The summed E-state index contributed by atoms with van der Waals surface area (Å²) in [5.74, 6) is 0. The van der Waals surface area contributed by atoms with Gasteiger partial charge in [-0.3, -0.25) is 0 Å². The first kappa shape index (κ1) is 12.9. The first-order chi connectivity index (χ1) is 6.12. The van der Waals surface area contributed by atoms with Crippen molar-refractivity contribution >= 4 is 0 Å². The van der Waals surface area contributed by atoms with Gasteiger partial charge in [-0.2, -0.15) is 0 Å². The molecule has 0 atom stereocenters. The average Bonchev–Trinajstić information content (AvgIpc) is 2.05. The Bertz CT molecular complexity index is 103. The summed E-state index contributed by atoms with van der Waals surface area (Å²) in [5, 5.41) is 3.34. The second-order valence-corrected chi connectivity index (χ2v) is 3.78. The molecule has 80 valence electrons. The van der Waals surface area contributed by atoms with E-state index in [9.17, 15) is 0 Å². The van der Waals surface area contributed by atoms with Crippen molar-refractivity contribution in [3.63, 3.8) is 0 Å². The minimum absolute atomic E-state index is 0.0896. The van der Waals surface area contributed by atoms with Crippen molar-refractivity contribution in [2.24, 2.45) is 0 Å². The van der Waals surface area contributed by atoms with Crippen LogP contribution in [0.2, 0.25) is 0 Å². The molecule has 13 heavy (non-hydrogen) atoms. The van der Waals surface area contributed by atoms with E-state index in [1.807, 2.05) is 0 Å². The molecule has 0 heterocycles. The lowest BCUT2D eigenvalue weighted by Gasteiger charge is -2.25. The number of hydrogen-bond donors (Lipinski definition) is 1. The van der Waals surface area contributed by atoms with Crippen LogP contribution < -0.4 is 5.32 Å². The molecule has 0 aromatic carbocycles. The third-order valence-electron chi connectivity index (χ3n) is 1.76. The molecule has 0 saturated heterocycles. The Morgan fingerprint density at radius 1 is 1.23 bits per heavy atom. The van der Waals surface area contributed by atoms with E-state index in [2.05, 4.69) is 26.1 Å². The van der Waals surface area contributed by atoms with Gasteiger partial charge in [-0.1, -0.05) is 6.92 Å². The van der Waals surface area contributed by atoms with Crippen LogP contribution in [0.5, 0.6) is 0 Å². The zero-order valence-corrected chi connectivity index (χ0v) is 9.35. The summed E-state index contributed by atoms with van der Waals surface area (Å²) in [6.45, 7) is 9.61. The molecule has 0 rings (SSSR count). The summed E-state index contributed by atoms with van der Waals surface area (Å²) >= 11 is 0. The summed E-state index contributed by atoms with van der Waals surface area (Å²) in [5.41, 5.74) is -0.0896. The monoisotopic (exact) mass is 189 g/mol. The van der Waals surface area contributed by atoms with E-state index in [0.717, 1.165) is 19.5 Å². The van der Waals surface area contributed by atoms with E-state index in [1.54, 1.807) is 7.11 Å². The molecular weight excluding hydrogens is 166 g/mol. The van der Waals surface area contributed by atoms with Crippen molar-refractivity contribution in [1.82, 2.24) is 5.32 Å². The van der Waals surface area contributed by atoms with Crippen LogP contribution in [0.4, 0.5) is 0 Å². The molecule has 0 aliphatic carbocycles. The van der Waals surface area contributed by atoms with Crippen molar-refractivity contribution in [3.8, 4) is 0 Å². The van der Waals surface area contributed by atoms with Crippen LogP contribution in [0.1, 0.15) is 27.2 Å². The first-order valence-electron chi connectivity index (χ1n) is 4.96. The maximum absolute atomic E-state index is 5.63. The maximum atomic E-state index is 5.63. The highest BCUT2D eigenvalue weighted by atomic mass is 16.5. The molecule has 1 N–H and O–H groups in total. The van der Waals surface area contributed by atoms with Crippen LogP contribution in [0.15, 0.2) is 0 Å². The minimum Gasteiger partial charge on any atom is -0.382 e. The highest BCUT2D eigenvalue weighted by Gasteiger charge is 2.16. The van der Waals surface area contributed by atoms with E-state index >= 15 is 0 Å². The molecule has 0 saturated carbocycles. The van der Waals surface area contributed by atoms with Gasteiger partial charge in [-0.25, -0.2) is 0 Å². The summed E-state index contributed by atoms with van der Waals surface area (Å²) in [6.07, 6.45) is 1.16. The molecule has 3 heteroatoms. The van der Waals surface area contributed by atoms with Crippen molar-refractivity contribution in [2.75, 3.05) is 33.4 Å². The normalized spacial score (nSPS) is 12.0. The molecule has 0 amide bonds. The fourth-order valence-electron chi connectivity index (χ4n) is 1.02. The number of rotatable bonds is 8. The largest absolute Gasteiger partial charge is 0.382 e. The summed E-state index contributed by atoms with van der Waals surface area (Å²) < 4.78 is 10.5.